The number of ether oxygens (including phenoxy) is 2. The molecule has 6 heteroatoms. The first-order chi connectivity index (χ1) is 12.8. The van der Waals surface area contributed by atoms with Gasteiger partial charge in [-0.15, -0.1) is 11.3 Å². The molecule has 0 saturated heterocycles. The van der Waals surface area contributed by atoms with Crippen LogP contribution in [0.3, 0.4) is 0 Å². The maximum atomic E-state index is 12.8. The number of nitrogens with two attached hydrogens (primary N) is 1. The van der Waals surface area contributed by atoms with Crippen LogP contribution in [0.2, 0.25) is 0 Å². The van der Waals surface area contributed by atoms with Crippen molar-refractivity contribution in [2.24, 2.45) is 5.73 Å². The molecule has 1 atom stereocenters. The summed E-state index contributed by atoms with van der Waals surface area (Å²) in [4.78, 5) is 17.3. The Labute approximate surface area is 165 Å². The molecule has 3 rings (SSSR count). The molecule has 0 aliphatic carbocycles. The molecule has 2 N–H and O–H groups in total. The number of amides is 1. The van der Waals surface area contributed by atoms with Crippen LogP contribution in [-0.4, -0.2) is 37.1 Å². The summed E-state index contributed by atoms with van der Waals surface area (Å²) in [6.07, 6.45) is 2.66. The Bertz CT molecular complexity index is 829. The molecule has 0 bridgehead atoms. The molecule has 2 aromatic rings. The van der Waals surface area contributed by atoms with Crippen molar-refractivity contribution in [1.29, 1.82) is 0 Å². The number of nitrogens with zero attached hydrogens (tertiary/aromatic N) is 1. The molecule has 1 amide bonds. The molecule has 0 fully saturated rings. The molecule has 2 heterocycles. The number of carbonyl (C=O) groups excluding carboxylic acids is 1. The van der Waals surface area contributed by atoms with Gasteiger partial charge >= 0.3 is 0 Å². The summed E-state index contributed by atoms with van der Waals surface area (Å²) in [5, 5.41) is 0. The van der Waals surface area contributed by atoms with Crippen LogP contribution in [0.25, 0.3) is 0 Å². The molecule has 1 unspecified atom stereocenters. The summed E-state index contributed by atoms with van der Waals surface area (Å²) < 4.78 is 10.7. The van der Waals surface area contributed by atoms with Gasteiger partial charge in [0.05, 0.1) is 14.2 Å². The van der Waals surface area contributed by atoms with E-state index in [0.29, 0.717) is 30.2 Å². The van der Waals surface area contributed by atoms with Crippen molar-refractivity contribution in [3.8, 4) is 11.5 Å². The molecule has 1 aromatic heterocycles. The lowest BCUT2D eigenvalue weighted by molar-refractivity contribution is 0.0766. The van der Waals surface area contributed by atoms with Crippen molar-refractivity contribution in [2.45, 2.75) is 45.2 Å². The number of thiophene rings is 1. The standard InChI is InChI=1S/C21H28N2O3S/c1-14-5-6-16(27-14)7-8-21(2,22)9-10-23-13-15-11-18(25-3)19(26-4)12-17(15)20(23)24/h5-6,11-12H,7-10,13,22H2,1-4H3. The van der Waals surface area contributed by atoms with Gasteiger partial charge in [0.15, 0.2) is 11.5 Å². The Hall–Kier alpha value is -2.05. The van der Waals surface area contributed by atoms with Gasteiger partial charge in [0.2, 0.25) is 0 Å². The van der Waals surface area contributed by atoms with E-state index < -0.39 is 0 Å². The first-order valence-electron chi connectivity index (χ1n) is 9.21. The molecule has 0 saturated carbocycles. The highest BCUT2D eigenvalue weighted by Gasteiger charge is 2.30. The van der Waals surface area contributed by atoms with Crippen LogP contribution in [0.1, 0.15) is 45.4 Å². The summed E-state index contributed by atoms with van der Waals surface area (Å²) in [5.41, 5.74) is 7.89. The highest BCUT2D eigenvalue weighted by Crippen LogP contribution is 2.35. The molecule has 1 aromatic carbocycles. The van der Waals surface area contributed by atoms with E-state index in [1.807, 2.05) is 22.3 Å². The molecule has 1 aliphatic rings. The van der Waals surface area contributed by atoms with Crippen LogP contribution in [0.15, 0.2) is 24.3 Å². The second-order valence-electron chi connectivity index (χ2n) is 7.51. The van der Waals surface area contributed by atoms with Crippen LogP contribution < -0.4 is 15.2 Å². The van der Waals surface area contributed by atoms with Gasteiger partial charge in [0, 0.05) is 33.9 Å². The molecule has 1 aliphatic heterocycles. The van der Waals surface area contributed by atoms with Gasteiger partial charge in [0.25, 0.3) is 5.91 Å². The smallest absolute Gasteiger partial charge is 0.254 e. The highest BCUT2D eigenvalue weighted by molar-refractivity contribution is 7.11. The molecule has 27 heavy (non-hydrogen) atoms. The maximum absolute atomic E-state index is 12.8. The molecule has 146 valence electrons. The minimum Gasteiger partial charge on any atom is -0.493 e. The fourth-order valence-electron chi connectivity index (χ4n) is 3.42. The largest absolute Gasteiger partial charge is 0.493 e. The van der Waals surface area contributed by atoms with Crippen LogP contribution >= 0.6 is 11.3 Å². The number of aryl methyl sites for hydroxylation is 2. The zero-order valence-electron chi connectivity index (χ0n) is 16.5. The Balaban J connectivity index is 1.60. The summed E-state index contributed by atoms with van der Waals surface area (Å²) in [5.74, 6) is 1.28. The van der Waals surface area contributed by atoms with Gasteiger partial charge in [-0.2, -0.15) is 0 Å². The first kappa shape index (κ1) is 19.7. The van der Waals surface area contributed by atoms with Crippen LogP contribution in [-0.2, 0) is 13.0 Å². The van der Waals surface area contributed by atoms with Gasteiger partial charge < -0.3 is 20.1 Å². The first-order valence-corrected chi connectivity index (χ1v) is 10.0. The number of fused-ring (bicyclic) bond motifs is 1. The van der Waals surface area contributed by atoms with E-state index in [4.69, 9.17) is 15.2 Å². The fourth-order valence-corrected chi connectivity index (χ4v) is 4.31. The Morgan fingerprint density at radius 2 is 1.89 bits per heavy atom. The van der Waals surface area contributed by atoms with E-state index in [0.717, 1.165) is 24.8 Å². The second-order valence-corrected chi connectivity index (χ2v) is 8.88. The van der Waals surface area contributed by atoms with E-state index in [2.05, 4.69) is 26.0 Å². The normalized spacial score (nSPS) is 15.6. The SMILES string of the molecule is COc1cc2c(cc1OC)C(=O)N(CCC(C)(N)CCc1ccc(C)s1)C2. The van der Waals surface area contributed by atoms with Crippen molar-refractivity contribution in [3.05, 3.63) is 45.1 Å². The Morgan fingerprint density at radius 1 is 1.19 bits per heavy atom. The number of rotatable bonds is 8. The monoisotopic (exact) mass is 388 g/mol. The molecule has 0 spiro atoms. The van der Waals surface area contributed by atoms with Crippen molar-refractivity contribution in [1.82, 2.24) is 4.90 Å². The predicted molar refractivity (Wildman–Crippen MR) is 109 cm³/mol. The summed E-state index contributed by atoms with van der Waals surface area (Å²) in [6, 6.07) is 8.00. The van der Waals surface area contributed by atoms with Crippen LogP contribution in [0.4, 0.5) is 0 Å². The zero-order chi connectivity index (χ0) is 19.6. The minimum atomic E-state index is -0.303. The maximum Gasteiger partial charge on any atom is 0.254 e. The number of benzene rings is 1. The van der Waals surface area contributed by atoms with Crippen molar-refractivity contribution >= 4 is 17.2 Å². The van der Waals surface area contributed by atoms with Crippen molar-refractivity contribution < 1.29 is 14.3 Å². The lowest BCUT2D eigenvalue weighted by Crippen LogP contribution is -2.40. The molecule has 0 radical (unpaired) electrons. The minimum absolute atomic E-state index is 0.0376. The summed E-state index contributed by atoms with van der Waals surface area (Å²) in [6.45, 7) is 5.44. The van der Waals surface area contributed by atoms with E-state index in [1.54, 1.807) is 20.3 Å². The third kappa shape index (κ3) is 4.45. The third-order valence-corrected chi connectivity index (χ3v) is 6.24. The topological polar surface area (TPSA) is 64.8 Å². The van der Waals surface area contributed by atoms with Crippen molar-refractivity contribution in [3.63, 3.8) is 0 Å². The third-order valence-electron chi connectivity index (χ3n) is 5.18. The quantitative estimate of drug-likeness (QED) is 0.748. The Kier molecular flexibility index (Phi) is 5.77. The average Bonchev–Trinajstić information content (AvgIpc) is 3.20. The summed E-state index contributed by atoms with van der Waals surface area (Å²) in [7, 11) is 3.18. The van der Waals surface area contributed by atoms with Gasteiger partial charge in [-0.05, 0) is 62.9 Å². The predicted octanol–water partition coefficient (Wildman–Crippen LogP) is 3.77. The molecular weight excluding hydrogens is 360 g/mol. The fraction of sp³-hybridized carbons (Fsp3) is 0.476. The van der Waals surface area contributed by atoms with E-state index in [9.17, 15) is 4.79 Å². The van der Waals surface area contributed by atoms with Crippen LogP contribution in [0.5, 0.6) is 11.5 Å². The zero-order valence-corrected chi connectivity index (χ0v) is 17.3. The molecule has 5 nitrogen and oxygen atoms in total. The van der Waals surface area contributed by atoms with E-state index >= 15 is 0 Å². The van der Waals surface area contributed by atoms with Gasteiger partial charge in [-0.1, -0.05) is 0 Å². The average molecular weight is 389 g/mol. The van der Waals surface area contributed by atoms with E-state index in [1.165, 1.54) is 9.75 Å². The Morgan fingerprint density at radius 3 is 2.52 bits per heavy atom. The van der Waals surface area contributed by atoms with Gasteiger partial charge in [-0.3, -0.25) is 4.79 Å². The number of methoxy groups -OCH3 is 2. The summed E-state index contributed by atoms with van der Waals surface area (Å²) >= 11 is 1.83. The number of hydrogen-bond donors (Lipinski definition) is 1. The lowest BCUT2D eigenvalue weighted by atomic mass is 9.92. The lowest BCUT2D eigenvalue weighted by Gasteiger charge is -2.27. The number of carbonyl (C=O) groups is 1. The van der Waals surface area contributed by atoms with Gasteiger partial charge in [0.1, 0.15) is 0 Å². The number of hydrogen-bond acceptors (Lipinski definition) is 5. The molecular formula is C21H28N2O3S. The van der Waals surface area contributed by atoms with Crippen molar-refractivity contribution in [2.75, 3.05) is 20.8 Å². The van der Waals surface area contributed by atoms with Crippen LogP contribution in [0, 0.1) is 6.92 Å². The van der Waals surface area contributed by atoms with E-state index in [-0.39, 0.29) is 11.4 Å². The van der Waals surface area contributed by atoms with Gasteiger partial charge in [-0.25, -0.2) is 0 Å². The second kappa shape index (κ2) is 7.90. The highest BCUT2D eigenvalue weighted by atomic mass is 32.1.